The number of carbonyl (C=O) groups excluding carboxylic acids is 1. The lowest BCUT2D eigenvalue weighted by Gasteiger charge is -2.24. The minimum atomic E-state index is 0.0320. The second kappa shape index (κ2) is 5.99. The van der Waals surface area contributed by atoms with Crippen molar-refractivity contribution in [2.75, 3.05) is 7.11 Å². The number of aryl methyl sites for hydroxylation is 1. The standard InChI is InChI=1S/C16H19N3O2/c1-21-14-5-3-2-4-12(14)10-16(20)18-13-6-8-19-9-7-17-15(19)11-13/h2-5,7,9,13H,6,8,10-11H2,1H3,(H,18,20). The summed E-state index contributed by atoms with van der Waals surface area (Å²) in [6.07, 6.45) is 5.89. The number of carbonyl (C=O) groups is 1. The van der Waals surface area contributed by atoms with Crippen molar-refractivity contribution in [3.8, 4) is 5.75 Å². The number of para-hydroxylation sites is 1. The van der Waals surface area contributed by atoms with Gasteiger partial charge in [0.25, 0.3) is 0 Å². The highest BCUT2D eigenvalue weighted by molar-refractivity contribution is 5.79. The summed E-state index contributed by atoms with van der Waals surface area (Å²) in [7, 11) is 1.62. The van der Waals surface area contributed by atoms with E-state index in [0.717, 1.165) is 36.5 Å². The number of amides is 1. The summed E-state index contributed by atoms with van der Waals surface area (Å²) >= 11 is 0. The van der Waals surface area contributed by atoms with Gasteiger partial charge in [-0.1, -0.05) is 18.2 Å². The van der Waals surface area contributed by atoms with Crippen LogP contribution in [0.1, 0.15) is 17.8 Å². The Kier molecular flexibility index (Phi) is 3.90. The molecular weight excluding hydrogens is 266 g/mol. The first-order valence-corrected chi connectivity index (χ1v) is 7.17. The van der Waals surface area contributed by atoms with Gasteiger partial charge < -0.3 is 14.6 Å². The number of hydrogen-bond acceptors (Lipinski definition) is 3. The maximum atomic E-state index is 12.2. The molecular formula is C16H19N3O2. The van der Waals surface area contributed by atoms with E-state index in [2.05, 4.69) is 14.9 Å². The molecule has 1 amide bonds. The molecule has 5 heteroatoms. The van der Waals surface area contributed by atoms with Crippen LogP contribution in [0.2, 0.25) is 0 Å². The van der Waals surface area contributed by atoms with Crippen molar-refractivity contribution in [3.05, 3.63) is 48.0 Å². The van der Waals surface area contributed by atoms with Crippen LogP contribution in [0.4, 0.5) is 0 Å². The van der Waals surface area contributed by atoms with Gasteiger partial charge in [-0.3, -0.25) is 4.79 Å². The fourth-order valence-electron chi connectivity index (χ4n) is 2.77. The average molecular weight is 285 g/mol. The minimum Gasteiger partial charge on any atom is -0.496 e. The summed E-state index contributed by atoms with van der Waals surface area (Å²) in [5, 5.41) is 3.10. The van der Waals surface area contributed by atoms with Gasteiger partial charge in [0.05, 0.1) is 13.5 Å². The lowest BCUT2D eigenvalue weighted by Crippen LogP contribution is -2.40. The number of ether oxygens (including phenoxy) is 1. The molecule has 0 saturated heterocycles. The van der Waals surface area contributed by atoms with Crippen molar-refractivity contribution in [2.24, 2.45) is 0 Å². The number of nitrogens with one attached hydrogen (secondary N) is 1. The molecule has 2 aromatic rings. The Bertz CT molecular complexity index is 636. The number of aromatic nitrogens is 2. The van der Waals surface area contributed by atoms with Crippen molar-refractivity contribution in [3.63, 3.8) is 0 Å². The Morgan fingerprint density at radius 1 is 1.48 bits per heavy atom. The summed E-state index contributed by atoms with van der Waals surface area (Å²) < 4.78 is 7.42. The summed E-state index contributed by atoms with van der Waals surface area (Å²) in [6, 6.07) is 7.79. The molecule has 0 saturated carbocycles. The van der Waals surface area contributed by atoms with E-state index in [4.69, 9.17) is 4.74 Å². The number of benzene rings is 1. The fourth-order valence-corrected chi connectivity index (χ4v) is 2.77. The summed E-state index contributed by atoms with van der Waals surface area (Å²) in [4.78, 5) is 16.5. The minimum absolute atomic E-state index is 0.0320. The zero-order valence-corrected chi connectivity index (χ0v) is 12.1. The molecule has 1 aromatic carbocycles. The van der Waals surface area contributed by atoms with Crippen LogP contribution < -0.4 is 10.1 Å². The topological polar surface area (TPSA) is 56.1 Å². The van der Waals surface area contributed by atoms with Crippen LogP contribution >= 0.6 is 0 Å². The highest BCUT2D eigenvalue weighted by Gasteiger charge is 2.21. The van der Waals surface area contributed by atoms with Crippen LogP contribution in [0.5, 0.6) is 5.75 Å². The molecule has 1 unspecified atom stereocenters. The lowest BCUT2D eigenvalue weighted by molar-refractivity contribution is -0.121. The quantitative estimate of drug-likeness (QED) is 0.927. The van der Waals surface area contributed by atoms with Gasteiger partial charge in [-0.15, -0.1) is 0 Å². The van der Waals surface area contributed by atoms with Gasteiger partial charge in [-0.2, -0.15) is 0 Å². The predicted molar refractivity (Wildman–Crippen MR) is 79.2 cm³/mol. The van der Waals surface area contributed by atoms with Crippen LogP contribution in [0.15, 0.2) is 36.7 Å². The van der Waals surface area contributed by atoms with Crippen LogP contribution in [0.3, 0.4) is 0 Å². The van der Waals surface area contributed by atoms with Crippen molar-refractivity contribution < 1.29 is 9.53 Å². The van der Waals surface area contributed by atoms with Crippen molar-refractivity contribution in [1.82, 2.24) is 14.9 Å². The highest BCUT2D eigenvalue weighted by Crippen LogP contribution is 2.18. The molecule has 0 fully saturated rings. The zero-order valence-electron chi connectivity index (χ0n) is 12.1. The van der Waals surface area contributed by atoms with Gasteiger partial charge in [0.1, 0.15) is 11.6 Å². The van der Waals surface area contributed by atoms with Crippen LogP contribution in [-0.4, -0.2) is 28.6 Å². The van der Waals surface area contributed by atoms with Gasteiger partial charge in [0.15, 0.2) is 0 Å². The molecule has 110 valence electrons. The zero-order chi connectivity index (χ0) is 14.7. The molecule has 1 aliphatic heterocycles. The predicted octanol–water partition coefficient (Wildman–Crippen LogP) is 1.57. The molecule has 1 aromatic heterocycles. The molecule has 0 spiro atoms. The first-order chi connectivity index (χ1) is 10.3. The maximum absolute atomic E-state index is 12.2. The molecule has 1 N–H and O–H groups in total. The number of methoxy groups -OCH3 is 1. The number of nitrogens with zero attached hydrogens (tertiary/aromatic N) is 2. The van der Waals surface area contributed by atoms with E-state index in [1.54, 1.807) is 7.11 Å². The van der Waals surface area contributed by atoms with Crippen molar-refractivity contribution >= 4 is 5.91 Å². The molecule has 21 heavy (non-hydrogen) atoms. The number of fused-ring (bicyclic) bond motifs is 1. The molecule has 0 radical (unpaired) electrons. The first-order valence-electron chi connectivity index (χ1n) is 7.17. The largest absolute Gasteiger partial charge is 0.496 e. The van der Waals surface area contributed by atoms with Gasteiger partial charge in [0.2, 0.25) is 5.91 Å². The molecule has 1 aliphatic rings. The lowest BCUT2D eigenvalue weighted by atomic mass is 10.1. The summed E-state index contributed by atoms with van der Waals surface area (Å²) in [5.74, 6) is 1.83. The maximum Gasteiger partial charge on any atom is 0.224 e. The fraction of sp³-hybridized carbons (Fsp3) is 0.375. The second-order valence-corrected chi connectivity index (χ2v) is 5.28. The third-order valence-corrected chi connectivity index (χ3v) is 3.86. The van der Waals surface area contributed by atoms with Gasteiger partial charge in [-0.05, 0) is 12.5 Å². The van der Waals surface area contributed by atoms with E-state index in [1.807, 2.05) is 36.7 Å². The molecule has 1 atom stereocenters. The van der Waals surface area contributed by atoms with Gasteiger partial charge in [0, 0.05) is 37.0 Å². The highest BCUT2D eigenvalue weighted by atomic mass is 16.5. The molecule has 5 nitrogen and oxygen atoms in total. The molecule has 0 aliphatic carbocycles. The van der Waals surface area contributed by atoms with E-state index in [0.29, 0.717) is 6.42 Å². The van der Waals surface area contributed by atoms with E-state index in [9.17, 15) is 4.79 Å². The Hall–Kier alpha value is -2.30. The number of hydrogen-bond donors (Lipinski definition) is 1. The molecule has 3 rings (SSSR count). The smallest absolute Gasteiger partial charge is 0.224 e. The third kappa shape index (κ3) is 3.07. The number of rotatable bonds is 4. The van der Waals surface area contributed by atoms with Crippen LogP contribution in [0.25, 0.3) is 0 Å². The second-order valence-electron chi connectivity index (χ2n) is 5.28. The van der Waals surface area contributed by atoms with E-state index < -0.39 is 0 Å². The SMILES string of the molecule is COc1ccccc1CC(=O)NC1CCn2ccnc2C1. The van der Waals surface area contributed by atoms with Gasteiger partial charge >= 0.3 is 0 Å². The van der Waals surface area contributed by atoms with Gasteiger partial charge in [-0.25, -0.2) is 4.98 Å². The van der Waals surface area contributed by atoms with E-state index in [-0.39, 0.29) is 11.9 Å². The summed E-state index contributed by atoms with van der Waals surface area (Å²) in [5.41, 5.74) is 0.912. The van der Waals surface area contributed by atoms with Crippen LogP contribution in [-0.2, 0) is 24.2 Å². The Morgan fingerprint density at radius 2 is 2.33 bits per heavy atom. The Balaban J connectivity index is 1.60. The van der Waals surface area contributed by atoms with E-state index in [1.165, 1.54) is 0 Å². The monoisotopic (exact) mass is 285 g/mol. The van der Waals surface area contributed by atoms with Crippen molar-refractivity contribution in [2.45, 2.75) is 31.8 Å². The molecule has 0 bridgehead atoms. The Morgan fingerprint density at radius 3 is 3.19 bits per heavy atom. The first kappa shape index (κ1) is 13.7. The average Bonchev–Trinajstić information content (AvgIpc) is 2.95. The summed E-state index contributed by atoms with van der Waals surface area (Å²) in [6.45, 7) is 0.912. The van der Waals surface area contributed by atoms with Crippen molar-refractivity contribution in [1.29, 1.82) is 0 Å². The third-order valence-electron chi connectivity index (χ3n) is 3.86. The Labute approximate surface area is 124 Å². The van der Waals surface area contributed by atoms with Crippen LogP contribution in [0, 0.1) is 0 Å². The normalized spacial score (nSPS) is 17.1. The number of imidazole rings is 1. The van der Waals surface area contributed by atoms with E-state index >= 15 is 0 Å². The molecule has 2 heterocycles.